The SMILES string of the molecule is CC1CCCC(S(=O)(=O)CCC(C)(C)C#N)C1. The lowest BCUT2D eigenvalue weighted by molar-refractivity contribution is 0.380. The van der Waals surface area contributed by atoms with Gasteiger partial charge in [0.25, 0.3) is 0 Å². The van der Waals surface area contributed by atoms with Gasteiger partial charge in [0.2, 0.25) is 0 Å². The van der Waals surface area contributed by atoms with E-state index in [1.165, 1.54) is 0 Å². The van der Waals surface area contributed by atoms with Crippen molar-refractivity contribution in [1.29, 1.82) is 5.26 Å². The fourth-order valence-electron chi connectivity index (χ4n) is 2.32. The Balaban J connectivity index is 2.60. The third-order valence-corrected chi connectivity index (χ3v) is 5.93. The van der Waals surface area contributed by atoms with Crippen LogP contribution >= 0.6 is 0 Å². The normalized spacial score (nSPS) is 26.5. The Bertz CT molecular complexity index is 392. The zero-order chi connectivity index (χ0) is 13.1. The highest BCUT2D eigenvalue weighted by Gasteiger charge is 2.31. The highest BCUT2D eigenvalue weighted by molar-refractivity contribution is 7.92. The summed E-state index contributed by atoms with van der Waals surface area (Å²) in [4.78, 5) is 0. The van der Waals surface area contributed by atoms with Gasteiger partial charge in [-0.1, -0.05) is 19.8 Å². The van der Waals surface area contributed by atoms with Crippen LogP contribution in [0.1, 0.15) is 52.9 Å². The molecule has 1 rings (SSSR count). The lowest BCUT2D eigenvalue weighted by Gasteiger charge is -2.27. The van der Waals surface area contributed by atoms with Crippen molar-refractivity contribution in [2.24, 2.45) is 11.3 Å². The lowest BCUT2D eigenvalue weighted by atomic mass is 9.90. The molecular weight excluding hydrogens is 234 g/mol. The molecule has 0 N–H and O–H groups in total. The highest BCUT2D eigenvalue weighted by atomic mass is 32.2. The van der Waals surface area contributed by atoms with E-state index in [-0.39, 0.29) is 11.0 Å². The van der Waals surface area contributed by atoms with Crippen molar-refractivity contribution in [3.8, 4) is 6.07 Å². The first-order valence-electron chi connectivity index (χ1n) is 6.40. The summed E-state index contributed by atoms with van der Waals surface area (Å²) < 4.78 is 24.4. The van der Waals surface area contributed by atoms with E-state index >= 15 is 0 Å². The Morgan fingerprint density at radius 1 is 1.35 bits per heavy atom. The lowest BCUT2D eigenvalue weighted by Crippen LogP contribution is -2.30. The van der Waals surface area contributed by atoms with Crippen LogP contribution in [0, 0.1) is 22.7 Å². The Kier molecular flexibility index (Phi) is 4.60. The van der Waals surface area contributed by atoms with Crippen LogP contribution in [-0.2, 0) is 9.84 Å². The Morgan fingerprint density at radius 2 is 2.00 bits per heavy atom. The first kappa shape index (κ1) is 14.5. The summed E-state index contributed by atoms with van der Waals surface area (Å²) in [5, 5.41) is 8.73. The van der Waals surface area contributed by atoms with Gasteiger partial charge in [-0.05, 0) is 39.0 Å². The largest absolute Gasteiger partial charge is 0.229 e. The molecule has 98 valence electrons. The smallest absolute Gasteiger partial charge is 0.153 e. The molecule has 0 radical (unpaired) electrons. The molecular formula is C13H23NO2S. The number of hydrogen-bond donors (Lipinski definition) is 0. The molecule has 1 aliphatic carbocycles. The fraction of sp³-hybridized carbons (Fsp3) is 0.923. The van der Waals surface area contributed by atoms with Crippen LogP contribution in [0.3, 0.4) is 0 Å². The zero-order valence-corrected chi connectivity index (χ0v) is 11.9. The summed E-state index contributed by atoms with van der Waals surface area (Å²) in [7, 11) is -3.01. The van der Waals surface area contributed by atoms with Crippen molar-refractivity contribution in [3.05, 3.63) is 0 Å². The number of nitrogens with zero attached hydrogens (tertiary/aromatic N) is 1. The second kappa shape index (κ2) is 5.39. The van der Waals surface area contributed by atoms with E-state index < -0.39 is 15.3 Å². The second-order valence-corrected chi connectivity index (χ2v) is 8.41. The molecule has 3 nitrogen and oxygen atoms in total. The summed E-state index contributed by atoms with van der Waals surface area (Å²) in [6.45, 7) is 5.72. The van der Waals surface area contributed by atoms with Crippen LogP contribution in [0.2, 0.25) is 0 Å². The molecule has 1 aliphatic rings. The fourth-order valence-corrected chi connectivity index (χ4v) is 4.60. The predicted octanol–water partition coefficient (Wildman–Crippen LogP) is 2.92. The minimum Gasteiger partial charge on any atom is -0.229 e. The average molecular weight is 257 g/mol. The highest BCUT2D eigenvalue weighted by Crippen LogP contribution is 2.30. The number of sulfone groups is 1. The van der Waals surface area contributed by atoms with Crippen LogP contribution in [0.5, 0.6) is 0 Å². The van der Waals surface area contributed by atoms with Crippen molar-refractivity contribution in [2.45, 2.75) is 58.1 Å². The van der Waals surface area contributed by atoms with Gasteiger partial charge in [0.15, 0.2) is 9.84 Å². The summed E-state index contributed by atoms with van der Waals surface area (Å²) in [6, 6.07) is 2.16. The Hall–Kier alpha value is -0.560. The molecule has 0 aromatic carbocycles. The van der Waals surface area contributed by atoms with E-state index in [9.17, 15) is 8.42 Å². The minimum atomic E-state index is -3.01. The van der Waals surface area contributed by atoms with Crippen LogP contribution < -0.4 is 0 Å². The Morgan fingerprint density at radius 3 is 2.53 bits per heavy atom. The van der Waals surface area contributed by atoms with Crippen LogP contribution in [0.4, 0.5) is 0 Å². The molecule has 0 heterocycles. The van der Waals surface area contributed by atoms with Crippen LogP contribution in [0.25, 0.3) is 0 Å². The minimum absolute atomic E-state index is 0.158. The molecule has 0 aromatic heterocycles. The molecule has 0 spiro atoms. The maximum absolute atomic E-state index is 12.2. The van der Waals surface area contributed by atoms with Crippen LogP contribution in [0.15, 0.2) is 0 Å². The molecule has 0 saturated heterocycles. The molecule has 0 aromatic rings. The number of hydrogen-bond acceptors (Lipinski definition) is 3. The van der Waals surface area contributed by atoms with E-state index in [0.717, 1.165) is 25.7 Å². The van der Waals surface area contributed by atoms with E-state index in [1.54, 1.807) is 13.8 Å². The van der Waals surface area contributed by atoms with Crippen molar-refractivity contribution >= 4 is 9.84 Å². The van der Waals surface area contributed by atoms with E-state index in [2.05, 4.69) is 13.0 Å². The average Bonchev–Trinajstić information content (AvgIpc) is 2.27. The second-order valence-electron chi connectivity index (χ2n) is 6.01. The topological polar surface area (TPSA) is 57.9 Å². The first-order valence-corrected chi connectivity index (χ1v) is 8.11. The first-order chi connectivity index (χ1) is 7.77. The Labute approximate surface area is 105 Å². The third kappa shape index (κ3) is 4.31. The van der Waals surface area contributed by atoms with E-state index in [4.69, 9.17) is 5.26 Å². The maximum atomic E-state index is 12.2. The molecule has 2 atom stereocenters. The van der Waals surface area contributed by atoms with E-state index in [0.29, 0.717) is 12.3 Å². The van der Waals surface area contributed by atoms with Gasteiger partial charge in [0.1, 0.15) is 0 Å². The summed E-state index contributed by atoms with van der Waals surface area (Å²) >= 11 is 0. The standard InChI is InChI=1S/C13H23NO2S/c1-11-5-4-6-12(9-11)17(15,16)8-7-13(2,3)10-14/h11-12H,4-9H2,1-3H3. The van der Waals surface area contributed by atoms with Gasteiger partial charge in [0, 0.05) is 0 Å². The summed E-state index contributed by atoms with van der Waals surface area (Å²) in [5.41, 5.74) is -0.534. The molecule has 1 saturated carbocycles. The summed E-state index contributed by atoms with van der Waals surface area (Å²) in [6.07, 6.45) is 4.22. The van der Waals surface area contributed by atoms with Gasteiger partial charge in [-0.25, -0.2) is 8.42 Å². The molecule has 2 unspecified atom stereocenters. The third-order valence-electron chi connectivity index (χ3n) is 3.71. The van der Waals surface area contributed by atoms with Gasteiger partial charge in [0.05, 0.1) is 22.5 Å². The van der Waals surface area contributed by atoms with Crippen LogP contribution in [-0.4, -0.2) is 19.4 Å². The van der Waals surface area contributed by atoms with E-state index in [1.807, 2.05) is 0 Å². The van der Waals surface area contributed by atoms with Crippen molar-refractivity contribution in [3.63, 3.8) is 0 Å². The molecule has 0 bridgehead atoms. The predicted molar refractivity (Wildman–Crippen MR) is 69.2 cm³/mol. The molecule has 4 heteroatoms. The van der Waals surface area contributed by atoms with Crippen molar-refractivity contribution in [2.75, 3.05) is 5.75 Å². The molecule has 0 aliphatic heterocycles. The van der Waals surface area contributed by atoms with Gasteiger partial charge in [-0.15, -0.1) is 0 Å². The zero-order valence-electron chi connectivity index (χ0n) is 11.1. The number of nitriles is 1. The van der Waals surface area contributed by atoms with Gasteiger partial charge >= 0.3 is 0 Å². The maximum Gasteiger partial charge on any atom is 0.153 e. The molecule has 17 heavy (non-hydrogen) atoms. The van der Waals surface area contributed by atoms with Gasteiger partial charge < -0.3 is 0 Å². The quantitative estimate of drug-likeness (QED) is 0.778. The summed E-state index contributed by atoms with van der Waals surface area (Å²) in [5.74, 6) is 0.679. The van der Waals surface area contributed by atoms with Crippen molar-refractivity contribution in [1.82, 2.24) is 0 Å². The number of rotatable bonds is 4. The van der Waals surface area contributed by atoms with Gasteiger partial charge in [-0.3, -0.25) is 0 Å². The molecule has 1 fully saturated rings. The van der Waals surface area contributed by atoms with Gasteiger partial charge in [-0.2, -0.15) is 5.26 Å². The monoisotopic (exact) mass is 257 g/mol. The molecule has 0 amide bonds. The van der Waals surface area contributed by atoms with Crippen molar-refractivity contribution < 1.29 is 8.42 Å².